The summed E-state index contributed by atoms with van der Waals surface area (Å²) < 4.78 is 5.60. The van der Waals surface area contributed by atoms with Crippen LogP contribution in [0, 0.1) is 0 Å². The molecule has 26 heavy (non-hydrogen) atoms. The van der Waals surface area contributed by atoms with E-state index in [9.17, 15) is 9.59 Å². The number of fused-ring (bicyclic) bond motifs is 2. The molecular formula is C22H17NO3. The quantitative estimate of drug-likeness (QED) is 0.598. The van der Waals surface area contributed by atoms with Gasteiger partial charge in [-0.25, -0.2) is 0 Å². The molecule has 4 nitrogen and oxygen atoms in total. The Hall–Kier alpha value is -3.40. The molecular weight excluding hydrogens is 326 g/mol. The fraction of sp³-hybridized carbons (Fsp3) is 0.0909. The molecule has 0 radical (unpaired) electrons. The molecule has 4 heteroatoms. The molecule has 0 spiro atoms. The Morgan fingerprint density at radius 1 is 0.923 bits per heavy atom. The second-order valence-electron chi connectivity index (χ2n) is 6.27. The summed E-state index contributed by atoms with van der Waals surface area (Å²) in [5.41, 5.74) is 1.17. The third-order valence-electron chi connectivity index (χ3n) is 4.48. The van der Waals surface area contributed by atoms with E-state index in [4.69, 9.17) is 4.42 Å². The molecule has 128 valence electrons. The lowest BCUT2D eigenvalue weighted by Crippen LogP contribution is -2.27. The normalized spacial score (nSPS) is 12.2. The van der Waals surface area contributed by atoms with Crippen molar-refractivity contribution >= 4 is 27.6 Å². The minimum atomic E-state index is -0.409. The summed E-state index contributed by atoms with van der Waals surface area (Å²) in [6.07, 6.45) is 0. The summed E-state index contributed by atoms with van der Waals surface area (Å²) in [7, 11) is 0. The van der Waals surface area contributed by atoms with Crippen LogP contribution in [-0.4, -0.2) is 5.91 Å². The van der Waals surface area contributed by atoms with E-state index in [1.807, 2.05) is 43.3 Å². The van der Waals surface area contributed by atoms with Gasteiger partial charge in [-0.1, -0.05) is 48.5 Å². The molecule has 4 rings (SSSR count). The molecule has 3 aromatic carbocycles. The van der Waals surface area contributed by atoms with Gasteiger partial charge in [-0.15, -0.1) is 0 Å². The Bertz CT molecular complexity index is 1180. The van der Waals surface area contributed by atoms with Crippen LogP contribution in [0.5, 0.6) is 0 Å². The zero-order valence-corrected chi connectivity index (χ0v) is 14.2. The van der Waals surface area contributed by atoms with Gasteiger partial charge in [-0.2, -0.15) is 0 Å². The van der Waals surface area contributed by atoms with Gasteiger partial charge in [0.2, 0.25) is 0 Å². The second kappa shape index (κ2) is 6.48. The Kier molecular flexibility index (Phi) is 4.01. The van der Waals surface area contributed by atoms with Gasteiger partial charge in [-0.3, -0.25) is 9.59 Å². The summed E-state index contributed by atoms with van der Waals surface area (Å²) >= 11 is 0. The average Bonchev–Trinajstić information content (AvgIpc) is 2.67. The molecule has 0 aliphatic heterocycles. The van der Waals surface area contributed by atoms with Crippen molar-refractivity contribution in [2.45, 2.75) is 13.0 Å². The molecule has 1 heterocycles. The number of carbonyl (C=O) groups is 1. The van der Waals surface area contributed by atoms with Crippen molar-refractivity contribution in [2.75, 3.05) is 0 Å². The van der Waals surface area contributed by atoms with Crippen LogP contribution in [0.2, 0.25) is 0 Å². The summed E-state index contributed by atoms with van der Waals surface area (Å²) in [4.78, 5) is 24.7. The van der Waals surface area contributed by atoms with Gasteiger partial charge in [0.05, 0.1) is 11.4 Å². The highest BCUT2D eigenvalue weighted by molar-refractivity contribution is 5.93. The van der Waals surface area contributed by atoms with E-state index in [1.165, 1.54) is 6.07 Å². The highest BCUT2D eigenvalue weighted by Gasteiger charge is 2.16. The maximum Gasteiger partial charge on any atom is 0.287 e. The SMILES string of the molecule is CC(NC(=O)c1cc(=O)c2ccccc2o1)c1ccc2ccccc2c1. The smallest absolute Gasteiger partial charge is 0.287 e. The summed E-state index contributed by atoms with van der Waals surface area (Å²) in [5, 5.41) is 5.62. The summed E-state index contributed by atoms with van der Waals surface area (Å²) in [6, 6.07) is 22.1. The second-order valence-corrected chi connectivity index (χ2v) is 6.27. The van der Waals surface area contributed by atoms with Crippen molar-refractivity contribution in [3.63, 3.8) is 0 Å². The van der Waals surface area contributed by atoms with Gasteiger partial charge in [-0.05, 0) is 41.5 Å². The van der Waals surface area contributed by atoms with Gasteiger partial charge in [0.15, 0.2) is 11.2 Å². The zero-order valence-electron chi connectivity index (χ0n) is 14.2. The molecule has 0 saturated carbocycles. The fourth-order valence-corrected chi connectivity index (χ4v) is 3.04. The molecule has 0 fully saturated rings. The van der Waals surface area contributed by atoms with Crippen LogP contribution in [0.3, 0.4) is 0 Å². The van der Waals surface area contributed by atoms with Crippen molar-refractivity contribution in [3.05, 3.63) is 94.3 Å². The third-order valence-corrected chi connectivity index (χ3v) is 4.48. The predicted molar refractivity (Wildman–Crippen MR) is 102 cm³/mol. The van der Waals surface area contributed by atoms with Crippen LogP contribution >= 0.6 is 0 Å². The standard InChI is InChI=1S/C22H17NO3/c1-14(16-11-10-15-6-2-3-7-17(15)12-16)23-22(25)21-13-19(24)18-8-4-5-9-20(18)26-21/h2-14H,1H3,(H,23,25). The van der Waals surface area contributed by atoms with Crippen molar-refractivity contribution < 1.29 is 9.21 Å². The maximum atomic E-state index is 12.5. The Balaban J connectivity index is 1.61. The van der Waals surface area contributed by atoms with Crippen LogP contribution in [-0.2, 0) is 0 Å². The number of para-hydroxylation sites is 1. The fourth-order valence-electron chi connectivity index (χ4n) is 3.04. The van der Waals surface area contributed by atoms with E-state index in [0.29, 0.717) is 11.0 Å². The molecule has 4 aromatic rings. The third kappa shape index (κ3) is 2.97. The van der Waals surface area contributed by atoms with E-state index in [0.717, 1.165) is 16.3 Å². The minimum absolute atomic E-state index is 0.0151. The van der Waals surface area contributed by atoms with Gasteiger partial charge >= 0.3 is 0 Å². The molecule has 0 saturated heterocycles. The first kappa shape index (κ1) is 16.1. The molecule has 1 N–H and O–H groups in total. The first-order valence-corrected chi connectivity index (χ1v) is 8.44. The van der Waals surface area contributed by atoms with E-state index >= 15 is 0 Å². The van der Waals surface area contributed by atoms with Gasteiger partial charge < -0.3 is 9.73 Å². The lowest BCUT2D eigenvalue weighted by atomic mass is 10.0. The number of benzene rings is 3. The predicted octanol–water partition coefficient (Wildman–Crippen LogP) is 4.44. The first-order valence-electron chi connectivity index (χ1n) is 8.44. The van der Waals surface area contributed by atoms with E-state index < -0.39 is 5.91 Å². The molecule has 1 atom stereocenters. The van der Waals surface area contributed by atoms with Crippen LogP contribution in [0.15, 0.2) is 82.0 Å². The van der Waals surface area contributed by atoms with Crippen molar-refractivity contribution in [3.8, 4) is 0 Å². The van der Waals surface area contributed by atoms with E-state index in [-0.39, 0.29) is 17.2 Å². The van der Waals surface area contributed by atoms with Crippen LogP contribution in [0.25, 0.3) is 21.7 Å². The number of hydrogen-bond donors (Lipinski definition) is 1. The minimum Gasteiger partial charge on any atom is -0.451 e. The highest BCUT2D eigenvalue weighted by atomic mass is 16.3. The summed E-state index contributed by atoms with van der Waals surface area (Å²) in [6.45, 7) is 1.90. The molecule has 0 aliphatic carbocycles. The molecule has 1 amide bonds. The highest BCUT2D eigenvalue weighted by Crippen LogP contribution is 2.21. The van der Waals surface area contributed by atoms with Crippen LogP contribution < -0.4 is 10.7 Å². The molecule has 0 bridgehead atoms. The number of amides is 1. The van der Waals surface area contributed by atoms with Crippen molar-refractivity contribution in [2.24, 2.45) is 0 Å². The zero-order chi connectivity index (χ0) is 18.1. The molecule has 1 unspecified atom stereocenters. The van der Waals surface area contributed by atoms with E-state index in [2.05, 4.69) is 11.4 Å². The van der Waals surface area contributed by atoms with E-state index in [1.54, 1.807) is 24.3 Å². The van der Waals surface area contributed by atoms with Crippen LogP contribution in [0.1, 0.15) is 29.1 Å². The number of rotatable bonds is 3. The summed E-state index contributed by atoms with van der Waals surface area (Å²) in [5.74, 6) is -0.394. The Labute approximate surface area is 150 Å². The van der Waals surface area contributed by atoms with Crippen molar-refractivity contribution in [1.82, 2.24) is 5.32 Å². The molecule has 1 aromatic heterocycles. The Morgan fingerprint density at radius 3 is 2.50 bits per heavy atom. The average molecular weight is 343 g/mol. The largest absolute Gasteiger partial charge is 0.451 e. The van der Waals surface area contributed by atoms with Crippen molar-refractivity contribution in [1.29, 1.82) is 0 Å². The van der Waals surface area contributed by atoms with Gasteiger partial charge in [0.25, 0.3) is 5.91 Å². The monoisotopic (exact) mass is 343 g/mol. The first-order chi connectivity index (χ1) is 12.6. The topological polar surface area (TPSA) is 59.3 Å². The van der Waals surface area contributed by atoms with Gasteiger partial charge in [0.1, 0.15) is 5.58 Å². The van der Waals surface area contributed by atoms with Gasteiger partial charge in [0, 0.05) is 6.07 Å². The Morgan fingerprint density at radius 2 is 1.65 bits per heavy atom. The maximum absolute atomic E-state index is 12.5. The lowest BCUT2D eigenvalue weighted by Gasteiger charge is -2.15. The number of nitrogens with one attached hydrogen (secondary N) is 1. The number of carbonyl (C=O) groups excluding carboxylic acids is 1. The molecule has 0 aliphatic rings. The van der Waals surface area contributed by atoms with Crippen LogP contribution in [0.4, 0.5) is 0 Å². The lowest BCUT2D eigenvalue weighted by molar-refractivity contribution is 0.0912. The number of hydrogen-bond acceptors (Lipinski definition) is 3.